The maximum atomic E-state index is 9.46. The third-order valence-electron chi connectivity index (χ3n) is 3.36. The Hall–Kier alpha value is -1.71. The lowest BCUT2D eigenvalue weighted by Crippen LogP contribution is -2.16. The van der Waals surface area contributed by atoms with Gasteiger partial charge in [0.25, 0.3) is 0 Å². The number of benzene rings is 2. The van der Waals surface area contributed by atoms with Gasteiger partial charge >= 0.3 is 0 Å². The fraction of sp³-hybridized carbons (Fsp3) is 0.250. The van der Waals surface area contributed by atoms with Gasteiger partial charge in [-0.1, -0.05) is 35.9 Å². The highest BCUT2D eigenvalue weighted by atomic mass is 35.5. The molecule has 3 nitrogen and oxygen atoms in total. The lowest BCUT2D eigenvalue weighted by atomic mass is 9.91. The van der Waals surface area contributed by atoms with Gasteiger partial charge in [-0.2, -0.15) is 0 Å². The molecule has 0 aliphatic carbocycles. The largest absolute Gasteiger partial charge is 0.506 e. The van der Waals surface area contributed by atoms with Crippen LogP contribution in [0.15, 0.2) is 42.5 Å². The van der Waals surface area contributed by atoms with Crippen molar-refractivity contribution >= 4 is 11.6 Å². The fourth-order valence-electron chi connectivity index (χ4n) is 2.29. The Bertz CT molecular complexity index is 586. The van der Waals surface area contributed by atoms with Crippen LogP contribution >= 0.6 is 11.6 Å². The number of ether oxygens (including phenoxy) is 1. The smallest absolute Gasteiger partial charge is 0.134 e. The average Bonchev–Trinajstić information content (AvgIpc) is 2.48. The molecule has 2 aromatic carbocycles. The van der Waals surface area contributed by atoms with E-state index < -0.39 is 0 Å². The molecule has 0 saturated heterocycles. The molecule has 0 bridgehead atoms. The number of nitrogens with two attached hydrogens (primary N) is 1. The van der Waals surface area contributed by atoms with Gasteiger partial charge in [-0.3, -0.25) is 0 Å². The Labute approximate surface area is 123 Å². The van der Waals surface area contributed by atoms with E-state index in [0.717, 1.165) is 23.3 Å². The van der Waals surface area contributed by atoms with E-state index in [2.05, 4.69) is 0 Å². The standard InChI is InChI=1S/C16H18ClNO2/c1-20-16-5-3-2-4-13(16)12(10-18)8-11-6-7-15(19)14(17)9-11/h2-7,9,12,19H,8,10,18H2,1H3. The van der Waals surface area contributed by atoms with Crippen LogP contribution in [0.1, 0.15) is 17.0 Å². The third-order valence-corrected chi connectivity index (χ3v) is 3.66. The molecule has 0 saturated carbocycles. The summed E-state index contributed by atoms with van der Waals surface area (Å²) in [6, 6.07) is 13.1. The molecule has 2 aromatic rings. The van der Waals surface area contributed by atoms with Crippen LogP contribution in [0.5, 0.6) is 11.5 Å². The van der Waals surface area contributed by atoms with E-state index in [9.17, 15) is 5.11 Å². The first-order valence-corrected chi connectivity index (χ1v) is 6.84. The molecular formula is C16H18ClNO2. The highest BCUT2D eigenvalue weighted by Gasteiger charge is 2.15. The van der Waals surface area contributed by atoms with Gasteiger partial charge in [-0.05, 0) is 42.3 Å². The van der Waals surface area contributed by atoms with E-state index in [1.165, 1.54) is 0 Å². The Morgan fingerprint density at radius 3 is 2.65 bits per heavy atom. The minimum atomic E-state index is 0.0945. The van der Waals surface area contributed by atoms with Crippen LogP contribution in [-0.2, 0) is 6.42 Å². The molecular weight excluding hydrogens is 274 g/mol. The minimum absolute atomic E-state index is 0.0945. The van der Waals surface area contributed by atoms with E-state index in [4.69, 9.17) is 22.1 Å². The van der Waals surface area contributed by atoms with Gasteiger partial charge in [0, 0.05) is 5.92 Å². The highest BCUT2D eigenvalue weighted by Crippen LogP contribution is 2.30. The number of para-hydroxylation sites is 1. The first-order valence-electron chi connectivity index (χ1n) is 6.46. The number of hydrogen-bond donors (Lipinski definition) is 2. The van der Waals surface area contributed by atoms with Crippen LogP contribution in [0, 0.1) is 0 Å². The molecule has 4 heteroatoms. The first-order chi connectivity index (χ1) is 9.65. The lowest BCUT2D eigenvalue weighted by molar-refractivity contribution is 0.405. The van der Waals surface area contributed by atoms with Gasteiger partial charge in [0.1, 0.15) is 11.5 Å². The maximum absolute atomic E-state index is 9.46. The summed E-state index contributed by atoms with van der Waals surface area (Å²) in [7, 11) is 1.66. The van der Waals surface area contributed by atoms with Gasteiger partial charge in [0.2, 0.25) is 0 Å². The molecule has 0 aliphatic rings. The number of phenolic OH excluding ortho intramolecular Hbond substituents is 1. The molecule has 20 heavy (non-hydrogen) atoms. The van der Waals surface area contributed by atoms with Crippen molar-refractivity contribution in [2.75, 3.05) is 13.7 Å². The zero-order chi connectivity index (χ0) is 14.5. The topological polar surface area (TPSA) is 55.5 Å². The zero-order valence-electron chi connectivity index (χ0n) is 11.3. The zero-order valence-corrected chi connectivity index (χ0v) is 12.1. The third kappa shape index (κ3) is 3.24. The van der Waals surface area contributed by atoms with Crippen molar-refractivity contribution < 1.29 is 9.84 Å². The van der Waals surface area contributed by atoms with Crippen molar-refractivity contribution in [3.05, 3.63) is 58.6 Å². The summed E-state index contributed by atoms with van der Waals surface area (Å²) in [5.74, 6) is 1.08. The highest BCUT2D eigenvalue weighted by molar-refractivity contribution is 6.32. The molecule has 2 rings (SSSR count). The first kappa shape index (κ1) is 14.7. The summed E-state index contributed by atoms with van der Waals surface area (Å²) in [6.07, 6.45) is 0.747. The normalized spacial score (nSPS) is 12.2. The minimum Gasteiger partial charge on any atom is -0.506 e. The summed E-state index contributed by atoms with van der Waals surface area (Å²) in [5, 5.41) is 9.82. The lowest BCUT2D eigenvalue weighted by Gasteiger charge is -2.18. The number of rotatable bonds is 5. The molecule has 1 atom stereocenters. The fourth-order valence-corrected chi connectivity index (χ4v) is 2.49. The molecule has 0 fully saturated rings. The van der Waals surface area contributed by atoms with Crippen LogP contribution < -0.4 is 10.5 Å². The van der Waals surface area contributed by atoms with Gasteiger partial charge in [-0.15, -0.1) is 0 Å². The Morgan fingerprint density at radius 2 is 2.00 bits per heavy atom. The second kappa shape index (κ2) is 6.64. The predicted octanol–water partition coefficient (Wildman–Crippen LogP) is 3.34. The van der Waals surface area contributed by atoms with Crippen molar-refractivity contribution in [2.45, 2.75) is 12.3 Å². The van der Waals surface area contributed by atoms with E-state index >= 15 is 0 Å². The monoisotopic (exact) mass is 291 g/mol. The van der Waals surface area contributed by atoms with E-state index in [-0.39, 0.29) is 11.7 Å². The predicted molar refractivity (Wildman–Crippen MR) is 81.6 cm³/mol. The Kier molecular flexibility index (Phi) is 4.88. The van der Waals surface area contributed by atoms with Crippen molar-refractivity contribution in [3.63, 3.8) is 0 Å². The molecule has 1 unspecified atom stereocenters. The van der Waals surface area contributed by atoms with Crippen LogP contribution in [0.3, 0.4) is 0 Å². The molecule has 0 spiro atoms. The molecule has 0 aliphatic heterocycles. The molecule has 0 heterocycles. The van der Waals surface area contributed by atoms with E-state index in [1.807, 2.05) is 30.3 Å². The van der Waals surface area contributed by atoms with Gasteiger partial charge < -0.3 is 15.6 Å². The number of halogens is 1. The average molecular weight is 292 g/mol. The molecule has 106 valence electrons. The number of aromatic hydroxyl groups is 1. The van der Waals surface area contributed by atoms with Crippen LogP contribution in [0.4, 0.5) is 0 Å². The molecule has 0 amide bonds. The van der Waals surface area contributed by atoms with Crippen LogP contribution in [-0.4, -0.2) is 18.8 Å². The van der Waals surface area contributed by atoms with Crippen molar-refractivity contribution in [2.24, 2.45) is 5.73 Å². The Morgan fingerprint density at radius 1 is 1.25 bits per heavy atom. The Balaban J connectivity index is 2.26. The summed E-state index contributed by atoms with van der Waals surface area (Å²) in [5.41, 5.74) is 8.03. The van der Waals surface area contributed by atoms with E-state index in [0.29, 0.717) is 11.6 Å². The summed E-state index contributed by atoms with van der Waals surface area (Å²) < 4.78 is 5.39. The molecule has 3 N–H and O–H groups in total. The van der Waals surface area contributed by atoms with Crippen LogP contribution in [0.25, 0.3) is 0 Å². The SMILES string of the molecule is COc1ccccc1C(CN)Cc1ccc(O)c(Cl)c1. The van der Waals surface area contributed by atoms with Crippen molar-refractivity contribution in [1.82, 2.24) is 0 Å². The van der Waals surface area contributed by atoms with Crippen molar-refractivity contribution in [1.29, 1.82) is 0 Å². The van der Waals surface area contributed by atoms with Gasteiger partial charge in [0.05, 0.1) is 12.1 Å². The quantitative estimate of drug-likeness (QED) is 0.888. The molecule has 0 radical (unpaired) electrons. The summed E-state index contributed by atoms with van der Waals surface area (Å²) in [4.78, 5) is 0. The number of methoxy groups -OCH3 is 1. The van der Waals surface area contributed by atoms with E-state index in [1.54, 1.807) is 19.2 Å². The van der Waals surface area contributed by atoms with Gasteiger partial charge in [-0.25, -0.2) is 0 Å². The number of phenols is 1. The second-order valence-corrected chi connectivity index (χ2v) is 5.07. The van der Waals surface area contributed by atoms with Crippen LogP contribution in [0.2, 0.25) is 5.02 Å². The van der Waals surface area contributed by atoms with Crippen molar-refractivity contribution in [3.8, 4) is 11.5 Å². The van der Waals surface area contributed by atoms with Gasteiger partial charge in [0.15, 0.2) is 0 Å². The maximum Gasteiger partial charge on any atom is 0.134 e. The summed E-state index contributed by atoms with van der Waals surface area (Å²) >= 11 is 5.94. The molecule has 0 aromatic heterocycles. The number of hydrogen-bond acceptors (Lipinski definition) is 3. The second-order valence-electron chi connectivity index (χ2n) is 4.66. The summed E-state index contributed by atoms with van der Waals surface area (Å²) in [6.45, 7) is 0.513.